The third-order valence-electron chi connectivity index (χ3n) is 4.84. The van der Waals surface area contributed by atoms with E-state index < -0.39 is 21.0 Å². The summed E-state index contributed by atoms with van der Waals surface area (Å²) in [5, 5.41) is 16.7. The van der Waals surface area contributed by atoms with Crippen molar-refractivity contribution in [3.05, 3.63) is 34.4 Å². The summed E-state index contributed by atoms with van der Waals surface area (Å²) in [7, 11) is -3.89. The van der Waals surface area contributed by atoms with Crippen LogP contribution in [-0.4, -0.2) is 55.8 Å². The number of carbonyl (C=O) groups is 1. The Kier molecular flexibility index (Phi) is 5.54. The predicted octanol–water partition coefficient (Wildman–Crippen LogP) is 0.474. The normalized spacial score (nSPS) is 21.8. The van der Waals surface area contributed by atoms with Crippen LogP contribution < -0.4 is 10.6 Å². The highest BCUT2D eigenvalue weighted by Crippen LogP contribution is 2.26. The van der Waals surface area contributed by atoms with Crippen molar-refractivity contribution < 1.29 is 18.1 Å². The number of hydrogen-bond acceptors (Lipinski definition) is 6. The lowest BCUT2D eigenvalue weighted by Gasteiger charge is -2.34. The molecule has 1 aromatic rings. The first-order chi connectivity index (χ1) is 12.4. The third kappa shape index (κ3) is 3.87. The number of non-ortho nitro benzene ring substituents is 1. The molecule has 2 fully saturated rings. The van der Waals surface area contributed by atoms with Crippen LogP contribution in [-0.2, 0) is 14.8 Å². The summed E-state index contributed by atoms with van der Waals surface area (Å²) in [6.45, 7) is 2.52. The van der Waals surface area contributed by atoms with Gasteiger partial charge in [-0.15, -0.1) is 0 Å². The van der Waals surface area contributed by atoms with E-state index in [1.807, 2.05) is 0 Å². The van der Waals surface area contributed by atoms with Crippen LogP contribution in [0.2, 0.25) is 0 Å². The van der Waals surface area contributed by atoms with Gasteiger partial charge >= 0.3 is 0 Å². The maximum absolute atomic E-state index is 13.0. The standard InChI is InChI=1S/C16H22N4O5S/c21-16(18-11-12-9-17-10-12)15-3-1-2-8-19(15)26(24,25)14-6-4-13(5-7-14)20(22)23/h4-7,12,15,17H,1-3,8-11H2,(H,18,21). The minimum atomic E-state index is -3.89. The number of nitrogens with zero attached hydrogens (tertiary/aromatic N) is 2. The van der Waals surface area contributed by atoms with Gasteiger partial charge in [0.15, 0.2) is 0 Å². The number of amides is 1. The molecule has 10 heteroatoms. The van der Waals surface area contributed by atoms with E-state index >= 15 is 0 Å². The molecule has 0 radical (unpaired) electrons. The molecule has 1 amide bonds. The topological polar surface area (TPSA) is 122 Å². The second-order valence-electron chi connectivity index (χ2n) is 6.65. The summed E-state index contributed by atoms with van der Waals surface area (Å²) in [4.78, 5) is 22.7. The smallest absolute Gasteiger partial charge is 0.269 e. The SMILES string of the molecule is O=C(NCC1CNC1)C1CCCCN1S(=O)(=O)c1ccc([N+](=O)[O-])cc1. The molecule has 0 aliphatic carbocycles. The Hall–Kier alpha value is -2.04. The number of nitrogens with one attached hydrogen (secondary N) is 2. The maximum Gasteiger partial charge on any atom is 0.269 e. The monoisotopic (exact) mass is 382 g/mol. The molecular weight excluding hydrogens is 360 g/mol. The molecule has 3 rings (SSSR count). The van der Waals surface area contributed by atoms with E-state index in [0.717, 1.165) is 31.6 Å². The van der Waals surface area contributed by atoms with E-state index in [2.05, 4.69) is 10.6 Å². The lowest BCUT2D eigenvalue weighted by atomic mass is 10.0. The number of hydrogen-bond donors (Lipinski definition) is 2. The highest BCUT2D eigenvalue weighted by Gasteiger charge is 2.38. The van der Waals surface area contributed by atoms with Crippen molar-refractivity contribution in [2.24, 2.45) is 5.92 Å². The van der Waals surface area contributed by atoms with Gasteiger partial charge in [0, 0.05) is 44.2 Å². The Morgan fingerprint density at radius 2 is 1.96 bits per heavy atom. The highest BCUT2D eigenvalue weighted by atomic mass is 32.2. The predicted molar refractivity (Wildman–Crippen MR) is 94.0 cm³/mol. The zero-order valence-electron chi connectivity index (χ0n) is 14.3. The average molecular weight is 382 g/mol. The highest BCUT2D eigenvalue weighted by molar-refractivity contribution is 7.89. The van der Waals surface area contributed by atoms with Crippen LogP contribution in [0.5, 0.6) is 0 Å². The van der Waals surface area contributed by atoms with Crippen molar-refractivity contribution in [1.82, 2.24) is 14.9 Å². The van der Waals surface area contributed by atoms with Gasteiger partial charge in [-0.2, -0.15) is 4.31 Å². The molecular formula is C16H22N4O5S. The number of piperidine rings is 1. The zero-order valence-corrected chi connectivity index (χ0v) is 15.1. The van der Waals surface area contributed by atoms with E-state index in [1.165, 1.54) is 16.4 Å². The fraction of sp³-hybridized carbons (Fsp3) is 0.562. The van der Waals surface area contributed by atoms with Crippen LogP contribution in [0.3, 0.4) is 0 Å². The van der Waals surface area contributed by atoms with E-state index in [1.54, 1.807) is 0 Å². The number of rotatable bonds is 6. The molecule has 0 aromatic heterocycles. The molecule has 9 nitrogen and oxygen atoms in total. The number of benzene rings is 1. The van der Waals surface area contributed by atoms with Gasteiger partial charge < -0.3 is 10.6 Å². The molecule has 0 spiro atoms. The fourth-order valence-corrected chi connectivity index (χ4v) is 4.84. The Morgan fingerprint density at radius 1 is 1.27 bits per heavy atom. The number of nitro groups is 1. The van der Waals surface area contributed by atoms with E-state index in [9.17, 15) is 23.3 Å². The van der Waals surface area contributed by atoms with Gasteiger partial charge in [-0.3, -0.25) is 14.9 Å². The van der Waals surface area contributed by atoms with Crippen LogP contribution >= 0.6 is 0 Å². The Morgan fingerprint density at radius 3 is 2.54 bits per heavy atom. The van der Waals surface area contributed by atoms with Crippen LogP contribution in [0, 0.1) is 16.0 Å². The van der Waals surface area contributed by atoms with Gasteiger partial charge in [-0.25, -0.2) is 8.42 Å². The van der Waals surface area contributed by atoms with Gasteiger partial charge in [-0.05, 0) is 25.0 Å². The summed E-state index contributed by atoms with van der Waals surface area (Å²) in [6.07, 6.45) is 1.94. The quantitative estimate of drug-likeness (QED) is 0.545. The molecule has 142 valence electrons. The van der Waals surface area contributed by atoms with Gasteiger partial charge in [-0.1, -0.05) is 6.42 Å². The van der Waals surface area contributed by atoms with Crippen molar-refractivity contribution in [1.29, 1.82) is 0 Å². The van der Waals surface area contributed by atoms with Crippen molar-refractivity contribution in [2.75, 3.05) is 26.2 Å². The molecule has 26 heavy (non-hydrogen) atoms. The lowest BCUT2D eigenvalue weighted by molar-refractivity contribution is -0.384. The number of carbonyl (C=O) groups excluding carboxylic acids is 1. The van der Waals surface area contributed by atoms with Gasteiger partial charge in [0.05, 0.1) is 9.82 Å². The second-order valence-corrected chi connectivity index (χ2v) is 8.54. The maximum atomic E-state index is 13.0. The van der Waals surface area contributed by atoms with E-state index in [-0.39, 0.29) is 23.0 Å². The summed E-state index contributed by atoms with van der Waals surface area (Å²) < 4.78 is 27.1. The van der Waals surface area contributed by atoms with Crippen molar-refractivity contribution >= 4 is 21.6 Å². The lowest BCUT2D eigenvalue weighted by Crippen LogP contribution is -2.54. The minimum Gasteiger partial charge on any atom is -0.354 e. The average Bonchev–Trinajstić information content (AvgIpc) is 2.60. The van der Waals surface area contributed by atoms with Crippen LogP contribution in [0.25, 0.3) is 0 Å². The Bertz CT molecular complexity index is 776. The van der Waals surface area contributed by atoms with Crippen LogP contribution in [0.15, 0.2) is 29.2 Å². The van der Waals surface area contributed by atoms with Crippen LogP contribution in [0.4, 0.5) is 5.69 Å². The third-order valence-corrected chi connectivity index (χ3v) is 6.76. The summed E-state index contributed by atoms with van der Waals surface area (Å²) in [5.74, 6) is 0.115. The van der Waals surface area contributed by atoms with Gasteiger partial charge in [0.25, 0.3) is 5.69 Å². The number of nitro benzene ring substituents is 1. The molecule has 1 aromatic carbocycles. The first-order valence-corrected chi connectivity index (χ1v) is 10.1. The van der Waals surface area contributed by atoms with Gasteiger partial charge in [0.1, 0.15) is 6.04 Å². The van der Waals surface area contributed by atoms with Crippen molar-refractivity contribution in [3.8, 4) is 0 Å². The Labute approximate surface area is 152 Å². The summed E-state index contributed by atoms with van der Waals surface area (Å²) >= 11 is 0. The largest absolute Gasteiger partial charge is 0.354 e. The first kappa shape index (κ1) is 18.7. The first-order valence-electron chi connectivity index (χ1n) is 8.64. The zero-order chi connectivity index (χ0) is 18.7. The van der Waals surface area contributed by atoms with E-state index in [4.69, 9.17) is 0 Å². The van der Waals surface area contributed by atoms with Gasteiger partial charge in [0.2, 0.25) is 15.9 Å². The molecule has 2 aliphatic heterocycles. The second kappa shape index (κ2) is 7.68. The van der Waals surface area contributed by atoms with Crippen molar-refractivity contribution in [2.45, 2.75) is 30.2 Å². The van der Waals surface area contributed by atoms with E-state index in [0.29, 0.717) is 25.3 Å². The molecule has 1 atom stereocenters. The summed E-state index contributed by atoms with van der Waals surface area (Å²) in [6, 6.07) is 4.02. The molecule has 0 bridgehead atoms. The Balaban J connectivity index is 1.76. The molecule has 1 unspecified atom stereocenters. The molecule has 2 aliphatic rings. The molecule has 2 N–H and O–H groups in total. The number of sulfonamides is 1. The van der Waals surface area contributed by atoms with Crippen molar-refractivity contribution in [3.63, 3.8) is 0 Å². The minimum absolute atomic E-state index is 0.0361. The molecule has 2 saturated heterocycles. The molecule has 2 heterocycles. The fourth-order valence-electron chi connectivity index (χ4n) is 3.19. The summed E-state index contributed by atoms with van der Waals surface area (Å²) in [5.41, 5.74) is -0.175. The van der Waals surface area contributed by atoms with Crippen LogP contribution in [0.1, 0.15) is 19.3 Å². The molecule has 0 saturated carbocycles.